The number of hydrogen-bond acceptors (Lipinski definition) is 4. The van der Waals surface area contributed by atoms with Gasteiger partial charge in [0.2, 0.25) is 0 Å². The number of rotatable bonds is 4. The molecule has 6 heteroatoms. The van der Waals surface area contributed by atoms with E-state index in [9.17, 15) is 9.65 Å². The number of nitrogens with zero attached hydrogens (tertiary/aromatic N) is 4. The largest absolute Gasteiger partial charge is 0.396 e. The zero-order chi connectivity index (χ0) is 18.0. The molecule has 1 aliphatic rings. The van der Waals surface area contributed by atoms with E-state index in [4.69, 9.17) is 5.73 Å². The molecule has 0 saturated carbocycles. The van der Waals surface area contributed by atoms with E-state index >= 15 is 0 Å². The molecule has 5 nitrogen and oxygen atoms in total. The van der Waals surface area contributed by atoms with Crippen molar-refractivity contribution in [3.63, 3.8) is 0 Å². The van der Waals surface area contributed by atoms with Gasteiger partial charge in [-0.3, -0.25) is 0 Å². The third-order valence-electron chi connectivity index (χ3n) is 4.53. The monoisotopic (exact) mass is 341 g/mol. The normalized spacial score (nSPS) is 14.8. The van der Waals surface area contributed by atoms with Gasteiger partial charge in [0, 0.05) is 38.4 Å². The highest BCUT2D eigenvalue weighted by Gasteiger charge is 2.24. The molecule has 1 aliphatic heterocycles. The van der Waals surface area contributed by atoms with Crippen LogP contribution in [-0.2, 0) is 6.54 Å². The molecule has 2 heterocycles. The lowest BCUT2D eigenvalue weighted by Crippen LogP contribution is -2.47. The second-order valence-electron chi connectivity index (χ2n) is 6.88. The number of benzene rings is 1. The van der Waals surface area contributed by atoms with Crippen LogP contribution in [0.2, 0.25) is 0 Å². The Morgan fingerprint density at radius 3 is 2.28 bits per heavy atom. The van der Waals surface area contributed by atoms with Crippen LogP contribution in [0.1, 0.15) is 19.5 Å². The molecule has 0 spiro atoms. The molecule has 0 amide bonds. The van der Waals surface area contributed by atoms with Gasteiger partial charge < -0.3 is 20.1 Å². The fourth-order valence-electron chi connectivity index (χ4n) is 3.38. The first-order valence-electron chi connectivity index (χ1n) is 8.64. The zero-order valence-electron chi connectivity index (χ0n) is 14.7. The van der Waals surface area contributed by atoms with E-state index in [-0.39, 0.29) is 5.82 Å². The Morgan fingerprint density at radius 2 is 1.72 bits per heavy atom. The Kier molecular flexibility index (Phi) is 4.84. The van der Waals surface area contributed by atoms with Crippen molar-refractivity contribution >= 4 is 17.2 Å². The molecule has 2 N–H and O–H groups in total. The highest BCUT2D eigenvalue weighted by atomic mass is 19.1. The Labute approximate surface area is 148 Å². The van der Waals surface area contributed by atoms with Crippen molar-refractivity contribution in [2.45, 2.75) is 20.4 Å². The number of halogens is 1. The lowest BCUT2D eigenvalue weighted by Gasteiger charge is -2.38. The summed E-state index contributed by atoms with van der Waals surface area (Å²) in [5.41, 5.74) is 8.52. The van der Waals surface area contributed by atoms with Crippen LogP contribution in [0.5, 0.6) is 0 Å². The number of nitrogens with two attached hydrogens (primary N) is 1. The molecule has 1 fully saturated rings. The van der Waals surface area contributed by atoms with Gasteiger partial charge in [-0.1, -0.05) is 13.8 Å². The molecule has 2 aromatic rings. The summed E-state index contributed by atoms with van der Waals surface area (Å²) >= 11 is 0. The smallest absolute Gasteiger partial charge is 0.133 e. The van der Waals surface area contributed by atoms with Crippen molar-refractivity contribution in [3.8, 4) is 6.07 Å². The molecule has 0 bridgehead atoms. The number of nitrogen functional groups attached to an aromatic ring is 1. The minimum absolute atomic E-state index is 0.217. The second kappa shape index (κ2) is 7.06. The molecule has 0 aliphatic carbocycles. The second-order valence-corrected chi connectivity index (χ2v) is 6.88. The molecule has 1 saturated heterocycles. The highest BCUT2D eigenvalue weighted by Crippen LogP contribution is 2.30. The maximum absolute atomic E-state index is 13.1. The Hall–Kier alpha value is -2.68. The van der Waals surface area contributed by atoms with E-state index in [1.165, 1.54) is 12.1 Å². The maximum Gasteiger partial charge on any atom is 0.133 e. The SMILES string of the molecule is CC(C)Cn1c(C#N)cc(N)c1N1CCN(c2ccc(F)cc2)CC1. The van der Waals surface area contributed by atoms with Gasteiger partial charge in [0.15, 0.2) is 0 Å². The molecule has 0 atom stereocenters. The summed E-state index contributed by atoms with van der Waals surface area (Å²) in [6, 6.07) is 10.6. The van der Waals surface area contributed by atoms with E-state index in [1.54, 1.807) is 6.07 Å². The molecule has 1 aromatic heterocycles. The molecule has 3 rings (SSSR count). The molecule has 0 unspecified atom stereocenters. The van der Waals surface area contributed by atoms with Crippen molar-refractivity contribution < 1.29 is 4.39 Å². The van der Waals surface area contributed by atoms with Gasteiger partial charge in [0.1, 0.15) is 23.4 Å². The van der Waals surface area contributed by atoms with Crippen LogP contribution in [0.3, 0.4) is 0 Å². The molecular weight excluding hydrogens is 317 g/mol. The van der Waals surface area contributed by atoms with Crippen LogP contribution in [0.4, 0.5) is 21.6 Å². The van der Waals surface area contributed by atoms with Crippen LogP contribution >= 0.6 is 0 Å². The fraction of sp³-hybridized carbons (Fsp3) is 0.421. The van der Waals surface area contributed by atoms with Crippen molar-refractivity contribution in [2.75, 3.05) is 41.7 Å². The van der Waals surface area contributed by atoms with Gasteiger partial charge in [0.05, 0.1) is 5.69 Å². The summed E-state index contributed by atoms with van der Waals surface area (Å²) in [7, 11) is 0. The van der Waals surface area contributed by atoms with Crippen molar-refractivity contribution in [2.24, 2.45) is 5.92 Å². The predicted octanol–water partition coefficient (Wildman–Crippen LogP) is 3.06. The third kappa shape index (κ3) is 3.55. The summed E-state index contributed by atoms with van der Waals surface area (Å²) < 4.78 is 15.1. The van der Waals surface area contributed by atoms with Gasteiger partial charge in [0.25, 0.3) is 0 Å². The van der Waals surface area contributed by atoms with Crippen molar-refractivity contribution in [1.29, 1.82) is 5.26 Å². The highest BCUT2D eigenvalue weighted by molar-refractivity contribution is 5.68. The fourth-order valence-corrected chi connectivity index (χ4v) is 3.38. The first kappa shape index (κ1) is 17.2. The Morgan fingerprint density at radius 1 is 1.12 bits per heavy atom. The van der Waals surface area contributed by atoms with Gasteiger partial charge >= 0.3 is 0 Å². The van der Waals surface area contributed by atoms with Crippen molar-refractivity contribution in [3.05, 3.63) is 41.8 Å². The maximum atomic E-state index is 13.1. The molecular formula is C19H24FN5. The van der Waals surface area contributed by atoms with Crippen LogP contribution in [0.25, 0.3) is 0 Å². The number of nitriles is 1. The van der Waals surface area contributed by atoms with Crippen LogP contribution in [-0.4, -0.2) is 30.7 Å². The number of hydrogen-bond donors (Lipinski definition) is 1. The summed E-state index contributed by atoms with van der Waals surface area (Å²) in [5, 5.41) is 9.40. The topological polar surface area (TPSA) is 61.2 Å². The summed E-state index contributed by atoms with van der Waals surface area (Å²) in [5.74, 6) is 1.16. The predicted molar refractivity (Wildman–Crippen MR) is 99.2 cm³/mol. The molecule has 1 aromatic carbocycles. The van der Waals surface area contributed by atoms with Gasteiger partial charge in [-0.25, -0.2) is 4.39 Å². The summed E-state index contributed by atoms with van der Waals surface area (Å²) in [6.45, 7) is 8.33. The molecule has 25 heavy (non-hydrogen) atoms. The molecule has 132 valence electrons. The van der Waals surface area contributed by atoms with E-state index in [0.29, 0.717) is 17.3 Å². The molecule has 0 radical (unpaired) electrons. The van der Waals surface area contributed by atoms with Gasteiger partial charge in [-0.15, -0.1) is 0 Å². The average molecular weight is 341 g/mol. The lowest BCUT2D eigenvalue weighted by molar-refractivity contribution is 0.513. The van der Waals surface area contributed by atoms with E-state index in [2.05, 4.69) is 29.7 Å². The number of piperazine rings is 1. The number of anilines is 3. The number of aromatic nitrogens is 1. The third-order valence-corrected chi connectivity index (χ3v) is 4.53. The average Bonchev–Trinajstić information content (AvgIpc) is 2.90. The first-order valence-corrected chi connectivity index (χ1v) is 8.64. The minimum atomic E-state index is -0.217. The minimum Gasteiger partial charge on any atom is -0.396 e. The standard InChI is InChI=1S/C19H24FN5/c1-14(2)13-25-17(12-21)11-18(22)19(25)24-9-7-23(8-10-24)16-5-3-15(20)4-6-16/h3-6,11,14H,7-10,13,22H2,1-2H3. The van der Waals surface area contributed by atoms with Crippen LogP contribution < -0.4 is 15.5 Å². The van der Waals surface area contributed by atoms with Crippen LogP contribution in [0, 0.1) is 23.1 Å². The van der Waals surface area contributed by atoms with E-state index < -0.39 is 0 Å². The van der Waals surface area contributed by atoms with E-state index in [1.807, 2.05) is 16.7 Å². The summed E-state index contributed by atoms with van der Waals surface area (Å²) in [6.07, 6.45) is 0. The zero-order valence-corrected chi connectivity index (χ0v) is 14.7. The Bertz CT molecular complexity index is 764. The summed E-state index contributed by atoms with van der Waals surface area (Å²) in [4.78, 5) is 4.49. The first-order chi connectivity index (χ1) is 12.0. The van der Waals surface area contributed by atoms with Crippen LogP contribution in [0.15, 0.2) is 30.3 Å². The van der Waals surface area contributed by atoms with Gasteiger partial charge in [-0.05, 0) is 36.2 Å². The lowest BCUT2D eigenvalue weighted by atomic mass is 10.2. The Balaban J connectivity index is 1.78. The van der Waals surface area contributed by atoms with Crippen molar-refractivity contribution in [1.82, 2.24) is 4.57 Å². The van der Waals surface area contributed by atoms with Gasteiger partial charge in [-0.2, -0.15) is 5.26 Å². The quantitative estimate of drug-likeness (QED) is 0.928. The van der Waals surface area contributed by atoms with E-state index in [0.717, 1.165) is 44.2 Å².